The lowest BCUT2D eigenvalue weighted by molar-refractivity contribution is -0.127. The summed E-state index contributed by atoms with van der Waals surface area (Å²) in [5.41, 5.74) is 6.31. The molecule has 126 valence electrons. The van der Waals surface area contributed by atoms with Crippen molar-refractivity contribution in [2.24, 2.45) is 23.5 Å². The molecule has 2 bridgehead atoms. The Morgan fingerprint density at radius 3 is 2.70 bits per heavy atom. The third-order valence-electron chi connectivity index (χ3n) is 6.02. The second-order valence-electron chi connectivity index (χ2n) is 7.64. The number of nitrogens with zero attached hydrogens (tertiary/aromatic N) is 3. The zero-order chi connectivity index (χ0) is 15.8. The number of hydrogen-bond acceptors (Lipinski definition) is 4. The molecule has 23 heavy (non-hydrogen) atoms. The van der Waals surface area contributed by atoms with Crippen molar-refractivity contribution in [3.63, 3.8) is 0 Å². The third-order valence-corrected chi connectivity index (χ3v) is 6.02. The summed E-state index contributed by atoms with van der Waals surface area (Å²) in [6.45, 7) is 1.43. The first-order chi connectivity index (χ1) is 11.2. The van der Waals surface area contributed by atoms with Gasteiger partial charge in [-0.2, -0.15) is 0 Å². The molecule has 1 aromatic rings. The Hall–Kier alpha value is -1.43. The van der Waals surface area contributed by atoms with E-state index in [2.05, 4.69) is 20.1 Å². The van der Waals surface area contributed by atoms with Crippen molar-refractivity contribution >= 4 is 5.91 Å². The number of carbonyl (C=O) groups excluding carboxylic acids is 1. The summed E-state index contributed by atoms with van der Waals surface area (Å²) in [4.78, 5) is 12.5. The lowest BCUT2D eigenvalue weighted by atomic mass is 9.65. The van der Waals surface area contributed by atoms with E-state index in [9.17, 15) is 4.79 Å². The molecular formula is C17H27N5O. The molecule has 6 nitrogen and oxygen atoms in total. The minimum absolute atomic E-state index is 0.161. The molecule has 2 unspecified atom stereocenters. The topological polar surface area (TPSA) is 85.8 Å². The van der Waals surface area contributed by atoms with Crippen molar-refractivity contribution in [3.05, 3.63) is 12.2 Å². The van der Waals surface area contributed by atoms with Gasteiger partial charge in [0.2, 0.25) is 5.91 Å². The fourth-order valence-electron chi connectivity index (χ4n) is 4.54. The van der Waals surface area contributed by atoms with Crippen molar-refractivity contribution in [1.82, 2.24) is 20.1 Å². The lowest BCUT2D eigenvalue weighted by Crippen LogP contribution is -2.49. The third kappa shape index (κ3) is 3.13. The van der Waals surface area contributed by atoms with E-state index in [1.165, 1.54) is 32.1 Å². The Balaban J connectivity index is 1.28. The number of nitrogens with two attached hydrogens (primary N) is 1. The maximum atomic E-state index is 12.5. The van der Waals surface area contributed by atoms with Gasteiger partial charge in [-0.3, -0.25) is 4.79 Å². The van der Waals surface area contributed by atoms with E-state index in [0.29, 0.717) is 30.3 Å². The maximum Gasteiger partial charge on any atom is 0.223 e. The number of rotatable bonds is 5. The van der Waals surface area contributed by atoms with Gasteiger partial charge in [0.25, 0.3) is 0 Å². The molecule has 3 aliphatic rings. The van der Waals surface area contributed by atoms with Gasteiger partial charge in [-0.1, -0.05) is 6.42 Å². The van der Waals surface area contributed by atoms with Crippen LogP contribution in [0.25, 0.3) is 0 Å². The number of aromatic nitrogens is 3. The Morgan fingerprint density at radius 2 is 2.00 bits per heavy atom. The van der Waals surface area contributed by atoms with E-state index in [1.807, 2.05) is 0 Å². The highest BCUT2D eigenvalue weighted by Crippen LogP contribution is 2.42. The average Bonchev–Trinajstić information content (AvgIpc) is 3.26. The largest absolute Gasteiger partial charge is 0.354 e. The molecule has 1 aromatic heterocycles. The van der Waals surface area contributed by atoms with E-state index in [4.69, 9.17) is 5.73 Å². The Bertz CT molecular complexity index is 553. The van der Waals surface area contributed by atoms with Crippen LogP contribution in [0, 0.1) is 17.8 Å². The predicted molar refractivity (Wildman–Crippen MR) is 86.5 cm³/mol. The molecule has 6 heteroatoms. The summed E-state index contributed by atoms with van der Waals surface area (Å²) in [6, 6.07) is 0.325. The molecule has 0 aliphatic heterocycles. The van der Waals surface area contributed by atoms with Crippen LogP contribution in [0.15, 0.2) is 6.33 Å². The van der Waals surface area contributed by atoms with Crippen LogP contribution in [0.3, 0.4) is 0 Å². The summed E-state index contributed by atoms with van der Waals surface area (Å²) in [5.74, 6) is 3.16. The summed E-state index contributed by atoms with van der Waals surface area (Å²) in [7, 11) is 0. The van der Waals surface area contributed by atoms with Crippen LogP contribution >= 0.6 is 0 Å². The van der Waals surface area contributed by atoms with Gasteiger partial charge in [0.05, 0.1) is 0 Å². The monoisotopic (exact) mass is 317 g/mol. The van der Waals surface area contributed by atoms with Gasteiger partial charge < -0.3 is 15.6 Å². The quantitative estimate of drug-likeness (QED) is 0.860. The molecule has 2 atom stereocenters. The van der Waals surface area contributed by atoms with Crippen molar-refractivity contribution < 1.29 is 4.79 Å². The first-order valence-corrected chi connectivity index (χ1v) is 9.13. The number of carbonyl (C=O) groups is 1. The van der Waals surface area contributed by atoms with Crippen molar-refractivity contribution in [3.8, 4) is 0 Å². The molecule has 0 saturated heterocycles. The summed E-state index contributed by atoms with van der Waals surface area (Å²) >= 11 is 0. The van der Waals surface area contributed by atoms with Gasteiger partial charge in [-0.05, 0) is 50.4 Å². The smallest absolute Gasteiger partial charge is 0.223 e. The van der Waals surface area contributed by atoms with E-state index in [0.717, 1.165) is 25.2 Å². The Kier molecular flexibility index (Phi) is 4.09. The van der Waals surface area contributed by atoms with Crippen LogP contribution < -0.4 is 11.1 Å². The predicted octanol–water partition coefficient (Wildman–Crippen LogP) is 1.43. The fraction of sp³-hybridized carbons (Fsp3) is 0.824. The standard InChI is InChI=1S/C17H27N5O/c18-15-12-2-1-3-13(15)9-14(8-12)17(23)19-6-7-22-10-20-21-16(22)11-4-5-11/h10-15H,1-9,18H2,(H,19,23). The SMILES string of the molecule is NC1C2CCCC1CC(C(=O)NCCn1cnnc1C1CC1)C2. The molecule has 3 saturated carbocycles. The summed E-state index contributed by atoms with van der Waals surface area (Å²) in [6.07, 6.45) is 9.86. The van der Waals surface area contributed by atoms with Crippen LogP contribution in [0.5, 0.6) is 0 Å². The van der Waals surface area contributed by atoms with E-state index in [1.54, 1.807) is 6.33 Å². The molecule has 1 heterocycles. The summed E-state index contributed by atoms with van der Waals surface area (Å²) in [5, 5.41) is 11.3. The average molecular weight is 317 g/mol. The molecule has 3 N–H and O–H groups in total. The molecule has 4 rings (SSSR count). The van der Waals surface area contributed by atoms with Gasteiger partial charge >= 0.3 is 0 Å². The Morgan fingerprint density at radius 1 is 1.26 bits per heavy atom. The second-order valence-corrected chi connectivity index (χ2v) is 7.64. The van der Waals surface area contributed by atoms with Crippen LogP contribution in [-0.2, 0) is 11.3 Å². The highest BCUT2D eigenvalue weighted by atomic mass is 16.1. The van der Waals surface area contributed by atoms with Crippen LogP contribution in [0.1, 0.15) is 56.7 Å². The normalized spacial score (nSPS) is 33.4. The minimum atomic E-state index is 0.161. The fourth-order valence-corrected chi connectivity index (χ4v) is 4.54. The molecule has 0 radical (unpaired) electrons. The number of fused-ring (bicyclic) bond motifs is 2. The van der Waals surface area contributed by atoms with Crippen LogP contribution in [0.2, 0.25) is 0 Å². The lowest BCUT2D eigenvalue weighted by Gasteiger charge is -2.43. The molecule has 3 aliphatic carbocycles. The number of amides is 1. The van der Waals surface area contributed by atoms with Gasteiger partial charge in [-0.25, -0.2) is 0 Å². The minimum Gasteiger partial charge on any atom is -0.354 e. The van der Waals surface area contributed by atoms with Gasteiger partial charge in [0.1, 0.15) is 12.2 Å². The van der Waals surface area contributed by atoms with Gasteiger partial charge in [-0.15, -0.1) is 10.2 Å². The van der Waals surface area contributed by atoms with Crippen LogP contribution in [-0.4, -0.2) is 33.3 Å². The van der Waals surface area contributed by atoms with E-state index < -0.39 is 0 Å². The number of nitrogens with one attached hydrogen (secondary N) is 1. The van der Waals surface area contributed by atoms with E-state index >= 15 is 0 Å². The Labute approximate surface area is 137 Å². The van der Waals surface area contributed by atoms with Crippen molar-refractivity contribution in [2.75, 3.05) is 6.54 Å². The highest BCUT2D eigenvalue weighted by Gasteiger charge is 2.40. The first-order valence-electron chi connectivity index (χ1n) is 9.13. The van der Waals surface area contributed by atoms with Crippen molar-refractivity contribution in [2.45, 2.75) is 63.5 Å². The molecule has 1 amide bonds. The van der Waals surface area contributed by atoms with E-state index in [-0.39, 0.29) is 11.8 Å². The maximum absolute atomic E-state index is 12.5. The molecule has 3 fully saturated rings. The zero-order valence-electron chi connectivity index (χ0n) is 13.7. The van der Waals surface area contributed by atoms with Crippen LogP contribution in [0.4, 0.5) is 0 Å². The van der Waals surface area contributed by atoms with Gasteiger partial charge in [0, 0.05) is 31.0 Å². The highest BCUT2D eigenvalue weighted by molar-refractivity contribution is 5.78. The second kappa shape index (κ2) is 6.23. The van der Waals surface area contributed by atoms with Gasteiger partial charge in [0.15, 0.2) is 0 Å². The molecular weight excluding hydrogens is 290 g/mol. The summed E-state index contributed by atoms with van der Waals surface area (Å²) < 4.78 is 2.09. The first kappa shape index (κ1) is 15.1. The van der Waals surface area contributed by atoms with Crippen molar-refractivity contribution in [1.29, 1.82) is 0 Å². The molecule has 0 aromatic carbocycles. The number of hydrogen-bond donors (Lipinski definition) is 2. The zero-order valence-corrected chi connectivity index (χ0v) is 13.7. The molecule has 0 spiro atoms.